The van der Waals surface area contributed by atoms with E-state index in [-0.39, 0.29) is 41.9 Å². The normalized spacial score (nSPS) is 12.9. The minimum absolute atomic E-state index is 0.0283. The van der Waals surface area contributed by atoms with Crippen molar-refractivity contribution in [2.24, 2.45) is 5.92 Å². The van der Waals surface area contributed by atoms with Crippen molar-refractivity contribution >= 4 is 11.7 Å². The van der Waals surface area contributed by atoms with Crippen molar-refractivity contribution in [3.63, 3.8) is 0 Å². The standard InChI is InChI=1S/C21H21N3O5/c1-3-14(2)19(15-7-5-4-6-8-15)21(25)28-13-18-22-23-20(29-18)16-9-11-17(12-10-16)24(26)27/h4-12,14,19H,3,13H2,1-2H3/t14-,19-/m1/s1. The molecule has 0 N–H and O–H groups in total. The summed E-state index contributed by atoms with van der Waals surface area (Å²) >= 11 is 0. The fourth-order valence-corrected chi connectivity index (χ4v) is 2.97. The smallest absolute Gasteiger partial charge is 0.314 e. The number of non-ortho nitro benzene ring substituents is 1. The average molecular weight is 395 g/mol. The van der Waals surface area contributed by atoms with Gasteiger partial charge in [-0.1, -0.05) is 50.6 Å². The van der Waals surface area contributed by atoms with Crippen LogP contribution < -0.4 is 0 Å². The molecule has 0 amide bonds. The lowest BCUT2D eigenvalue weighted by molar-refractivity contribution is -0.384. The van der Waals surface area contributed by atoms with Crippen LogP contribution in [-0.2, 0) is 16.1 Å². The van der Waals surface area contributed by atoms with Crippen LogP contribution in [-0.4, -0.2) is 21.1 Å². The Hall–Kier alpha value is -3.55. The lowest BCUT2D eigenvalue weighted by Gasteiger charge is -2.21. The molecule has 8 heteroatoms. The molecule has 0 aliphatic carbocycles. The molecule has 0 saturated carbocycles. The Bertz CT molecular complexity index is 969. The van der Waals surface area contributed by atoms with E-state index < -0.39 is 4.92 Å². The summed E-state index contributed by atoms with van der Waals surface area (Å²) in [7, 11) is 0. The molecule has 3 rings (SSSR count). The highest BCUT2D eigenvalue weighted by molar-refractivity contribution is 5.78. The van der Waals surface area contributed by atoms with Crippen molar-refractivity contribution in [2.75, 3.05) is 0 Å². The van der Waals surface area contributed by atoms with E-state index in [9.17, 15) is 14.9 Å². The first-order valence-corrected chi connectivity index (χ1v) is 9.28. The minimum Gasteiger partial charge on any atom is -0.455 e. The van der Waals surface area contributed by atoms with E-state index in [0.717, 1.165) is 12.0 Å². The molecule has 3 aromatic rings. The van der Waals surface area contributed by atoms with E-state index in [0.29, 0.717) is 5.56 Å². The fourth-order valence-electron chi connectivity index (χ4n) is 2.97. The van der Waals surface area contributed by atoms with Gasteiger partial charge in [-0.15, -0.1) is 10.2 Å². The van der Waals surface area contributed by atoms with Gasteiger partial charge in [0.15, 0.2) is 6.61 Å². The van der Waals surface area contributed by atoms with E-state index in [1.165, 1.54) is 24.3 Å². The Morgan fingerprint density at radius 2 is 1.83 bits per heavy atom. The van der Waals surface area contributed by atoms with Gasteiger partial charge >= 0.3 is 5.97 Å². The zero-order chi connectivity index (χ0) is 20.8. The number of hydrogen-bond acceptors (Lipinski definition) is 7. The third kappa shape index (κ3) is 4.84. The summed E-state index contributed by atoms with van der Waals surface area (Å²) in [6.07, 6.45) is 0.833. The number of rotatable bonds is 8. The lowest BCUT2D eigenvalue weighted by atomic mass is 9.86. The molecule has 0 radical (unpaired) electrons. The molecule has 2 aromatic carbocycles. The molecule has 150 valence electrons. The van der Waals surface area contributed by atoms with E-state index in [1.54, 1.807) is 0 Å². The predicted octanol–water partition coefficient (Wildman–Crippen LogP) is 4.52. The van der Waals surface area contributed by atoms with Crippen molar-refractivity contribution in [1.82, 2.24) is 10.2 Å². The van der Waals surface area contributed by atoms with Gasteiger partial charge < -0.3 is 9.15 Å². The number of nitrogens with zero attached hydrogens (tertiary/aromatic N) is 3. The van der Waals surface area contributed by atoms with Gasteiger partial charge in [-0.25, -0.2) is 0 Å². The number of benzene rings is 2. The van der Waals surface area contributed by atoms with Gasteiger partial charge in [-0.05, 0) is 23.6 Å². The molecular formula is C21H21N3O5. The zero-order valence-corrected chi connectivity index (χ0v) is 16.1. The zero-order valence-electron chi connectivity index (χ0n) is 16.1. The number of carbonyl (C=O) groups is 1. The van der Waals surface area contributed by atoms with Crippen LogP contribution in [0.25, 0.3) is 11.5 Å². The van der Waals surface area contributed by atoms with Crippen molar-refractivity contribution in [2.45, 2.75) is 32.8 Å². The maximum Gasteiger partial charge on any atom is 0.314 e. The summed E-state index contributed by atoms with van der Waals surface area (Å²) in [6, 6.07) is 15.3. The highest BCUT2D eigenvalue weighted by Crippen LogP contribution is 2.29. The van der Waals surface area contributed by atoms with Gasteiger partial charge in [0.25, 0.3) is 11.6 Å². The highest BCUT2D eigenvalue weighted by Gasteiger charge is 2.27. The Labute approximate surface area is 167 Å². The Morgan fingerprint density at radius 3 is 2.45 bits per heavy atom. The summed E-state index contributed by atoms with van der Waals surface area (Å²) in [4.78, 5) is 23.0. The lowest BCUT2D eigenvalue weighted by Crippen LogP contribution is -2.22. The third-order valence-corrected chi connectivity index (χ3v) is 4.76. The van der Waals surface area contributed by atoms with Crippen LogP contribution in [0.5, 0.6) is 0 Å². The van der Waals surface area contributed by atoms with Gasteiger partial charge in [-0.2, -0.15) is 0 Å². The van der Waals surface area contributed by atoms with E-state index in [1.807, 2.05) is 44.2 Å². The molecule has 0 bridgehead atoms. The molecule has 0 aliphatic rings. The molecule has 0 saturated heterocycles. The fraction of sp³-hybridized carbons (Fsp3) is 0.286. The van der Waals surface area contributed by atoms with E-state index >= 15 is 0 Å². The number of esters is 1. The van der Waals surface area contributed by atoms with E-state index in [2.05, 4.69) is 10.2 Å². The van der Waals surface area contributed by atoms with Crippen LogP contribution >= 0.6 is 0 Å². The maximum absolute atomic E-state index is 12.7. The van der Waals surface area contributed by atoms with Crippen LogP contribution in [0.1, 0.15) is 37.6 Å². The molecule has 0 aliphatic heterocycles. The maximum atomic E-state index is 12.7. The van der Waals surface area contributed by atoms with Crippen LogP contribution in [0.3, 0.4) is 0 Å². The first-order chi connectivity index (χ1) is 14.0. The number of nitro benzene ring substituents is 1. The summed E-state index contributed by atoms with van der Waals surface area (Å²) in [6.45, 7) is 3.90. The molecule has 29 heavy (non-hydrogen) atoms. The number of carbonyl (C=O) groups excluding carboxylic acids is 1. The second-order valence-corrected chi connectivity index (χ2v) is 6.69. The summed E-state index contributed by atoms with van der Waals surface area (Å²) < 4.78 is 11.0. The van der Waals surface area contributed by atoms with Crippen LogP contribution in [0.15, 0.2) is 59.0 Å². The van der Waals surface area contributed by atoms with Crippen LogP contribution in [0.4, 0.5) is 5.69 Å². The van der Waals surface area contributed by atoms with Crippen LogP contribution in [0, 0.1) is 16.0 Å². The monoisotopic (exact) mass is 395 g/mol. The van der Waals surface area contributed by atoms with Crippen molar-refractivity contribution in [1.29, 1.82) is 0 Å². The summed E-state index contributed by atoms with van der Waals surface area (Å²) in [5.41, 5.74) is 1.42. The molecule has 0 spiro atoms. The molecule has 1 heterocycles. The van der Waals surface area contributed by atoms with Crippen molar-refractivity contribution < 1.29 is 18.9 Å². The number of aromatic nitrogens is 2. The predicted molar refractivity (Wildman–Crippen MR) is 105 cm³/mol. The molecule has 0 fully saturated rings. The van der Waals surface area contributed by atoms with Gasteiger partial charge in [0.1, 0.15) is 0 Å². The summed E-state index contributed by atoms with van der Waals surface area (Å²) in [5, 5.41) is 18.5. The third-order valence-electron chi connectivity index (χ3n) is 4.76. The Balaban J connectivity index is 1.67. The second kappa shape index (κ2) is 9.09. The van der Waals surface area contributed by atoms with Gasteiger partial charge in [-0.3, -0.25) is 14.9 Å². The first kappa shape index (κ1) is 20.2. The van der Waals surface area contributed by atoms with Gasteiger partial charge in [0, 0.05) is 17.7 Å². The van der Waals surface area contributed by atoms with Crippen LogP contribution in [0.2, 0.25) is 0 Å². The number of ether oxygens (including phenoxy) is 1. The minimum atomic E-state index is -0.483. The first-order valence-electron chi connectivity index (χ1n) is 9.28. The Kier molecular flexibility index (Phi) is 6.33. The van der Waals surface area contributed by atoms with Crippen molar-refractivity contribution in [3.05, 3.63) is 76.2 Å². The molecule has 8 nitrogen and oxygen atoms in total. The SMILES string of the molecule is CC[C@@H](C)[C@@H](C(=O)OCc1nnc(-c2ccc([N+](=O)[O-])cc2)o1)c1ccccc1. The highest BCUT2D eigenvalue weighted by atomic mass is 16.6. The van der Waals surface area contributed by atoms with Gasteiger partial charge in [0.05, 0.1) is 10.8 Å². The largest absolute Gasteiger partial charge is 0.455 e. The second-order valence-electron chi connectivity index (χ2n) is 6.69. The Morgan fingerprint density at radius 1 is 1.14 bits per heavy atom. The number of hydrogen-bond donors (Lipinski definition) is 0. The molecule has 0 unspecified atom stereocenters. The number of nitro groups is 1. The van der Waals surface area contributed by atoms with Crippen molar-refractivity contribution in [3.8, 4) is 11.5 Å². The average Bonchev–Trinajstić information content (AvgIpc) is 3.22. The molecular weight excluding hydrogens is 374 g/mol. The quantitative estimate of drug-likeness (QED) is 0.313. The summed E-state index contributed by atoms with van der Waals surface area (Å²) in [5.74, 6) is -0.252. The molecule has 1 aromatic heterocycles. The van der Waals surface area contributed by atoms with Gasteiger partial charge in [0.2, 0.25) is 5.89 Å². The molecule has 2 atom stereocenters. The topological polar surface area (TPSA) is 108 Å². The van der Waals surface area contributed by atoms with E-state index in [4.69, 9.17) is 9.15 Å².